The zero-order valence-electron chi connectivity index (χ0n) is 23.6. The van der Waals surface area contributed by atoms with Gasteiger partial charge in [-0.3, -0.25) is 4.79 Å². The van der Waals surface area contributed by atoms with Crippen LogP contribution in [0.15, 0.2) is 23.1 Å². The van der Waals surface area contributed by atoms with Gasteiger partial charge in [0.05, 0.1) is 26.7 Å². The Morgan fingerprint density at radius 1 is 1.05 bits per heavy atom. The molecular formula is C28H43N3O5S2. The van der Waals surface area contributed by atoms with Gasteiger partial charge in [-0.05, 0) is 78.5 Å². The maximum atomic E-state index is 13.2. The lowest BCUT2D eigenvalue weighted by Crippen LogP contribution is -2.41. The van der Waals surface area contributed by atoms with Gasteiger partial charge in [-0.1, -0.05) is 38.2 Å². The predicted octanol–water partition coefficient (Wildman–Crippen LogP) is 4.74. The molecule has 0 unspecified atom stereocenters. The highest BCUT2D eigenvalue weighted by Crippen LogP contribution is 2.38. The zero-order valence-corrected chi connectivity index (χ0v) is 25.3. The highest BCUT2D eigenvalue weighted by atomic mass is 32.2. The van der Waals surface area contributed by atoms with Crippen molar-refractivity contribution in [1.82, 2.24) is 15.0 Å². The predicted molar refractivity (Wildman–Crippen MR) is 152 cm³/mol. The minimum absolute atomic E-state index is 0.0187. The molecule has 0 radical (unpaired) electrons. The number of hydrogen-bond donors (Lipinski definition) is 4. The van der Waals surface area contributed by atoms with E-state index in [9.17, 15) is 23.4 Å². The van der Waals surface area contributed by atoms with E-state index < -0.39 is 26.8 Å². The van der Waals surface area contributed by atoms with Crippen LogP contribution in [0.3, 0.4) is 0 Å². The topological polar surface area (TPSA) is 129 Å². The van der Waals surface area contributed by atoms with E-state index in [1.54, 1.807) is 60.6 Å². The van der Waals surface area contributed by atoms with Crippen LogP contribution in [0, 0.1) is 5.92 Å². The van der Waals surface area contributed by atoms with E-state index in [2.05, 4.69) is 10.0 Å². The fourth-order valence-corrected chi connectivity index (χ4v) is 7.46. The van der Waals surface area contributed by atoms with Crippen LogP contribution < -0.4 is 10.0 Å². The third kappa shape index (κ3) is 8.32. The number of carbonyl (C=O) groups is 1. The van der Waals surface area contributed by atoms with E-state index in [4.69, 9.17) is 4.98 Å². The van der Waals surface area contributed by atoms with Gasteiger partial charge in [-0.25, -0.2) is 18.1 Å². The van der Waals surface area contributed by atoms with Crippen molar-refractivity contribution in [2.45, 2.75) is 109 Å². The smallest absolute Gasteiger partial charge is 0.280 e. The van der Waals surface area contributed by atoms with Crippen molar-refractivity contribution in [3.8, 4) is 10.4 Å². The minimum Gasteiger partial charge on any atom is -0.389 e. The number of rotatable bonds is 9. The van der Waals surface area contributed by atoms with E-state index in [1.807, 2.05) is 0 Å². The number of nitrogens with one attached hydrogen (secondary N) is 2. The molecule has 1 fully saturated rings. The summed E-state index contributed by atoms with van der Waals surface area (Å²) in [5.74, 6) is 0.117. The molecule has 2 aromatic rings. The van der Waals surface area contributed by atoms with Crippen LogP contribution in [0.1, 0.15) is 102 Å². The third-order valence-electron chi connectivity index (χ3n) is 6.41. The third-order valence-corrected chi connectivity index (χ3v) is 9.37. The van der Waals surface area contributed by atoms with Gasteiger partial charge in [0.1, 0.15) is 0 Å². The summed E-state index contributed by atoms with van der Waals surface area (Å²) in [5.41, 5.74) is -1.38. The van der Waals surface area contributed by atoms with Gasteiger partial charge in [0.25, 0.3) is 5.91 Å². The summed E-state index contributed by atoms with van der Waals surface area (Å²) in [7, 11) is -3.90. The second-order valence-corrected chi connectivity index (χ2v) is 15.3. The Bertz CT molecular complexity index is 1240. The van der Waals surface area contributed by atoms with Crippen molar-refractivity contribution in [3.63, 3.8) is 0 Å². The van der Waals surface area contributed by atoms with E-state index >= 15 is 0 Å². The molecule has 3 rings (SSSR count). The number of nitrogens with zero attached hydrogens (tertiary/aromatic N) is 1. The molecule has 0 spiro atoms. The number of aliphatic hydroxyl groups is 2. The summed E-state index contributed by atoms with van der Waals surface area (Å²) < 4.78 is 29.1. The highest BCUT2D eigenvalue weighted by Gasteiger charge is 2.31. The number of carbonyl (C=O) groups excluding carboxylic acids is 1. The minimum atomic E-state index is -3.90. The molecule has 1 aliphatic rings. The molecule has 10 heteroatoms. The zero-order chi connectivity index (χ0) is 28.5. The summed E-state index contributed by atoms with van der Waals surface area (Å²) >= 11 is 1.25. The fourth-order valence-electron chi connectivity index (χ4n) is 4.69. The van der Waals surface area contributed by atoms with Crippen molar-refractivity contribution in [1.29, 1.82) is 0 Å². The Morgan fingerprint density at radius 2 is 1.68 bits per heavy atom. The van der Waals surface area contributed by atoms with Gasteiger partial charge in [0.2, 0.25) is 10.0 Å². The van der Waals surface area contributed by atoms with E-state index in [1.165, 1.54) is 36.7 Å². The molecule has 1 amide bonds. The molecule has 1 aliphatic carbocycles. The van der Waals surface area contributed by atoms with Crippen molar-refractivity contribution in [2.75, 3.05) is 6.54 Å². The number of hydrogen-bond acceptors (Lipinski definition) is 7. The molecule has 1 heterocycles. The summed E-state index contributed by atoms with van der Waals surface area (Å²) in [6.45, 7) is 11.8. The second-order valence-electron chi connectivity index (χ2n) is 12.6. The first-order valence-corrected chi connectivity index (χ1v) is 15.6. The Kier molecular flexibility index (Phi) is 9.15. The first-order valence-electron chi connectivity index (χ1n) is 13.3. The summed E-state index contributed by atoms with van der Waals surface area (Å²) in [6, 6.07) is 4.95. The molecule has 8 nitrogen and oxygen atoms in total. The highest BCUT2D eigenvalue weighted by molar-refractivity contribution is 7.89. The monoisotopic (exact) mass is 565 g/mol. The molecule has 4 N–H and O–H groups in total. The molecular weight excluding hydrogens is 522 g/mol. The number of aromatic nitrogens is 1. The Labute approximate surface area is 231 Å². The SMILES string of the molecule is CC(C)(O)CNC(=O)c1nc(CC2CCCCC2)c(-c2ccc(S(=O)(=O)NC(C)(C)C)c(C(C)(C)O)c2)s1. The van der Waals surface area contributed by atoms with Crippen LogP contribution in [0.4, 0.5) is 0 Å². The van der Waals surface area contributed by atoms with Gasteiger partial charge in [0.15, 0.2) is 5.01 Å². The summed E-state index contributed by atoms with van der Waals surface area (Å²) in [6.07, 6.45) is 6.55. The average Bonchev–Trinajstić information content (AvgIpc) is 3.19. The maximum Gasteiger partial charge on any atom is 0.280 e. The van der Waals surface area contributed by atoms with Crippen LogP contribution in [0.5, 0.6) is 0 Å². The molecule has 0 saturated heterocycles. The van der Waals surface area contributed by atoms with Crippen molar-refractivity contribution in [3.05, 3.63) is 34.5 Å². The molecule has 0 bridgehead atoms. The standard InChI is InChI=1S/C28H43N3O5S2/c1-26(2,3)31-38(35,36)22-14-13-19(16-20(22)28(6,7)34)23-21(15-18-11-9-8-10-12-18)30-25(37-23)24(32)29-17-27(4,5)33/h13-14,16,18,31,33-34H,8-12,15,17H2,1-7H3,(H,29,32). The van der Waals surface area contributed by atoms with E-state index in [-0.39, 0.29) is 22.9 Å². The van der Waals surface area contributed by atoms with Crippen LogP contribution in [-0.2, 0) is 22.0 Å². The van der Waals surface area contributed by atoms with Gasteiger partial charge >= 0.3 is 0 Å². The number of benzene rings is 1. The molecule has 0 aliphatic heterocycles. The lowest BCUT2D eigenvalue weighted by Gasteiger charge is -2.26. The molecule has 1 aromatic carbocycles. The first-order chi connectivity index (χ1) is 17.4. The van der Waals surface area contributed by atoms with Crippen LogP contribution in [-0.4, -0.2) is 47.2 Å². The van der Waals surface area contributed by atoms with Gasteiger partial charge in [-0.2, -0.15) is 0 Å². The maximum absolute atomic E-state index is 13.2. The van der Waals surface area contributed by atoms with Gasteiger partial charge in [-0.15, -0.1) is 11.3 Å². The normalized spacial score (nSPS) is 16.0. The summed E-state index contributed by atoms with van der Waals surface area (Å²) in [5, 5.41) is 24.1. The van der Waals surface area contributed by atoms with Gasteiger partial charge < -0.3 is 15.5 Å². The molecule has 0 atom stereocenters. The lowest BCUT2D eigenvalue weighted by atomic mass is 9.85. The van der Waals surface area contributed by atoms with Crippen molar-refractivity contribution >= 4 is 27.3 Å². The van der Waals surface area contributed by atoms with Crippen molar-refractivity contribution < 1.29 is 23.4 Å². The fraction of sp³-hybridized carbons (Fsp3) is 0.643. The van der Waals surface area contributed by atoms with Crippen molar-refractivity contribution in [2.24, 2.45) is 5.92 Å². The molecule has 212 valence electrons. The number of amides is 1. The quantitative estimate of drug-likeness (QED) is 0.348. The number of thiazole rings is 1. The van der Waals surface area contributed by atoms with Crippen LogP contribution in [0.25, 0.3) is 10.4 Å². The largest absolute Gasteiger partial charge is 0.389 e. The Balaban J connectivity index is 2.08. The first kappa shape index (κ1) is 30.7. The molecule has 38 heavy (non-hydrogen) atoms. The Morgan fingerprint density at radius 3 is 2.24 bits per heavy atom. The lowest BCUT2D eigenvalue weighted by molar-refractivity contribution is 0.0694. The molecule has 1 aromatic heterocycles. The number of sulfonamides is 1. The molecule has 1 saturated carbocycles. The van der Waals surface area contributed by atoms with E-state index in [0.29, 0.717) is 16.5 Å². The van der Waals surface area contributed by atoms with Gasteiger partial charge in [0, 0.05) is 17.6 Å². The van der Waals surface area contributed by atoms with Crippen LogP contribution >= 0.6 is 11.3 Å². The van der Waals surface area contributed by atoms with E-state index in [0.717, 1.165) is 29.8 Å². The Hall–Kier alpha value is -1.85. The average molecular weight is 566 g/mol. The van der Waals surface area contributed by atoms with Crippen LogP contribution in [0.2, 0.25) is 0 Å². The second kappa shape index (κ2) is 11.3. The summed E-state index contributed by atoms with van der Waals surface area (Å²) in [4.78, 5) is 18.5.